The van der Waals surface area contributed by atoms with Crippen LogP contribution in [0.25, 0.3) is 0 Å². The van der Waals surface area contributed by atoms with E-state index in [1.54, 1.807) is 29.2 Å². The molecule has 0 radical (unpaired) electrons. The number of amides is 1. The molecule has 20 heavy (non-hydrogen) atoms. The molecule has 0 aromatic heterocycles. The van der Waals surface area contributed by atoms with Gasteiger partial charge in [0.15, 0.2) is 0 Å². The predicted octanol–water partition coefficient (Wildman–Crippen LogP) is 2.36. The van der Waals surface area contributed by atoms with Crippen LogP contribution in [0.2, 0.25) is 0 Å². The molecule has 1 aromatic rings. The summed E-state index contributed by atoms with van der Waals surface area (Å²) in [5.74, 6) is 0.245. The van der Waals surface area contributed by atoms with Gasteiger partial charge in [-0.25, -0.2) is 8.42 Å². The quantitative estimate of drug-likeness (QED) is 0.907. The fourth-order valence-corrected chi connectivity index (χ4v) is 3.42. The summed E-state index contributed by atoms with van der Waals surface area (Å²) in [6.07, 6.45) is 3.13. The van der Waals surface area contributed by atoms with Gasteiger partial charge in [0.25, 0.3) is 0 Å². The molecule has 1 amide bonds. The van der Waals surface area contributed by atoms with E-state index in [1.807, 2.05) is 6.92 Å². The molecule has 0 saturated carbocycles. The summed E-state index contributed by atoms with van der Waals surface area (Å²) < 4.78 is 25.9. The fourth-order valence-electron chi connectivity index (χ4n) is 2.29. The smallest absolute Gasteiger partial charge is 0.232 e. The zero-order valence-corrected chi connectivity index (χ0v) is 12.4. The van der Waals surface area contributed by atoms with Gasteiger partial charge in [-0.3, -0.25) is 9.52 Å². The Labute approximate surface area is 120 Å². The summed E-state index contributed by atoms with van der Waals surface area (Å²) in [5, 5.41) is 0. The molecule has 0 spiro atoms. The molecular formula is C14H20N2O3S. The molecule has 0 unspecified atom stereocenters. The summed E-state index contributed by atoms with van der Waals surface area (Å²) in [4.78, 5) is 13.6. The standard InChI is InChI=1S/C14H20N2O3S/c1-2-11-20(18,19)15-12-6-8-13(9-7-12)16-10-4-3-5-14(16)17/h6-9,15H,2-5,10-11H2,1H3. The van der Waals surface area contributed by atoms with E-state index in [-0.39, 0.29) is 11.7 Å². The highest BCUT2D eigenvalue weighted by molar-refractivity contribution is 7.92. The van der Waals surface area contributed by atoms with Crippen molar-refractivity contribution in [2.24, 2.45) is 0 Å². The van der Waals surface area contributed by atoms with Gasteiger partial charge in [0.2, 0.25) is 15.9 Å². The number of hydrogen-bond donors (Lipinski definition) is 1. The number of piperidine rings is 1. The maximum atomic E-state index is 11.8. The molecule has 1 aliphatic heterocycles. The van der Waals surface area contributed by atoms with Crippen LogP contribution in [0.1, 0.15) is 32.6 Å². The van der Waals surface area contributed by atoms with E-state index in [0.29, 0.717) is 18.5 Å². The Kier molecular flexibility index (Phi) is 4.65. The van der Waals surface area contributed by atoms with Gasteiger partial charge in [-0.2, -0.15) is 0 Å². The molecule has 5 nitrogen and oxygen atoms in total. The first-order valence-corrected chi connectivity index (χ1v) is 8.58. The van der Waals surface area contributed by atoms with Crippen LogP contribution in [-0.4, -0.2) is 26.6 Å². The molecule has 1 heterocycles. The van der Waals surface area contributed by atoms with Gasteiger partial charge in [0.05, 0.1) is 5.75 Å². The van der Waals surface area contributed by atoms with Crippen LogP contribution in [0.3, 0.4) is 0 Å². The minimum atomic E-state index is -3.26. The van der Waals surface area contributed by atoms with Crippen LogP contribution >= 0.6 is 0 Å². The number of benzene rings is 1. The lowest BCUT2D eigenvalue weighted by Crippen LogP contribution is -2.35. The van der Waals surface area contributed by atoms with E-state index >= 15 is 0 Å². The Hall–Kier alpha value is -1.56. The van der Waals surface area contributed by atoms with Gasteiger partial charge >= 0.3 is 0 Å². The molecule has 0 aliphatic carbocycles. The third-order valence-electron chi connectivity index (χ3n) is 3.25. The molecule has 0 atom stereocenters. The van der Waals surface area contributed by atoms with E-state index in [1.165, 1.54) is 0 Å². The Balaban J connectivity index is 2.08. The Morgan fingerprint density at radius 2 is 1.90 bits per heavy atom. The zero-order valence-electron chi connectivity index (χ0n) is 11.6. The van der Waals surface area contributed by atoms with Gasteiger partial charge in [-0.05, 0) is 43.5 Å². The number of rotatable bonds is 5. The van der Waals surface area contributed by atoms with Crippen molar-refractivity contribution in [3.8, 4) is 0 Å². The number of sulfonamides is 1. The van der Waals surface area contributed by atoms with E-state index < -0.39 is 10.0 Å². The topological polar surface area (TPSA) is 66.5 Å². The van der Waals surface area contributed by atoms with Crippen LogP contribution in [0.4, 0.5) is 11.4 Å². The average Bonchev–Trinajstić information content (AvgIpc) is 2.40. The van der Waals surface area contributed by atoms with Crippen molar-refractivity contribution in [2.45, 2.75) is 32.6 Å². The molecule has 110 valence electrons. The van der Waals surface area contributed by atoms with Crippen molar-refractivity contribution in [1.29, 1.82) is 0 Å². The number of hydrogen-bond acceptors (Lipinski definition) is 3. The summed E-state index contributed by atoms with van der Waals surface area (Å²) in [6.45, 7) is 2.56. The highest BCUT2D eigenvalue weighted by Gasteiger charge is 2.19. The van der Waals surface area contributed by atoms with Crippen LogP contribution in [0.5, 0.6) is 0 Å². The zero-order chi connectivity index (χ0) is 14.6. The third-order valence-corrected chi connectivity index (χ3v) is 4.74. The summed E-state index contributed by atoms with van der Waals surface area (Å²) in [6, 6.07) is 6.97. The minimum Gasteiger partial charge on any atom is -0.312 e. The van der Waals surface area contributed by atoms with Crippen LogP contribution in [-0.2, 0) is 14.8 Å². The van der Waals surface area contributed by atoms with Gasteiger partial charge in [-0.15, -0.1) is 0 Å². The molecule has 1 fully saturated rings. The van der Waals surface area contributed by atoms with E-state index in [0.717, 1.165) is 25.1 Å². The number of nitrogens with one attached hydrogen (secondary N) is 1. The first-order valence-electron chi connectivity index (χ1n) is 6.93. The van der Waals surface area contributed by atoms with Crippen molar-refractivity contribution in [2.75, 3.05) is 21.9 Å². The fraction of sp³-hybridized carbons (Fsp3) is 0.500. The van der Waals surface area contributed by atoms with Crippen LogP contribution < -0.4 is 9.62 Å². The van der Waals surface area contributed by atoms with Crippen molar-refractivity contribution in [3.05, 3.63) is 24.3 Å². The van der Waals surface area contributed by atoms with Gasteiger partial charge in [0.1, 0.15) is 0 Å². The summed E-state index contributed by atoms with van der Waals surface area (Å²) >= 11 is 0. The average molecular weight is 296 g/mol. The molecule has 1 N–H and O–H groups in total. The minimum absolute atomic E-state index is 0.110. The maximum absolute atomic E-state index is 11.8. The summed E-state index contributed by atoms with van der Waals surface area (Å²) in [5.41, 5.74) is 1.36. The molecule has 1 saturated heterocycles. The lowest BCUT2D eigenvalue weighted by Gasteiger charge is -2.26. The third kappa shape index (κ3) is 3.72. The first-order chi connectivity index (χ1) is 9.52. The van der Waals surface area contributed by atoms with Crippen LogP contribution in [0.15, 0.2) is 24.3 Å². The van der Waals surface area contributed by atoms with Crippen LogP contribution in [0, 0.1) is 0 Å². The number of anilines is 2. The van der Waals surface area contributed by atoms with E-state index in [4.69, 9.17) is 0 Å². The largest absolute Gasteiger partial charge is 0.312 e. The second-order valence-corrected chi connectivity index (χ2v) is 6.81. The second kappa shape index (κ2) is 6.26. The number of carbonyl (C=O) groups excluding carboxylic acids is 1. The molecular weight excluding hydrogens is 276 g/mol. The van der Waals surface area contributed by atoms with Gasteiger partial charge in [-0.1, -0.05) is 6.92 Å². The van der Waals surface area contributed by atoms with Crippen molar-refractivity contribution < 1.29 is 13.2 Å². The molecule has 0 bridgehead atoms. The number of nitrogens with zero attached hydrogens (tertiary/aromatic N) is 1. The summed E-state index contributed by atoms with van der Waals surface area (Å²) in [7, 11) is -3.26. The Bertz CT molecular complexity index is 567. The highest BCUT2D eigenvalue weighted by atomic mass is 32.2. The lowest BCUT2D eigenvalue weighted by atomic mass is 10.1. The monoisotopic (exact) mass is 296 g/mol. The second-order valence-electron chi connectivity index (χ2n) is 4.97. The molecule has 1 aromatic carbocycles. The Morgan fingerprint density at radius 1 is 1.20 bits per heavy atom. The van der Waals surface area contributed by atoms with Crippen molar-refractivity contribution >= 4 is 27.3 Å². The van der Waals surface area contributed by atoms with E-state index in [2.05, 4.69) is 4.72 Å². The highest BCUT2D eigenvalue weighted by Crippen LogP contribution is 2.23. The van der Waals surface area contributed by atoms with Crippen molar-refractivity contribution in [1.82, 2.24) is 0 Å². The SMILES string of the molecule is CCCS(=O)(=O)Nc1ccc(N2CCCCC2=O)cc1. The maximum Gasteiger partial charge on any atom is 0.232 e. The first kappa shape index (κ1) is 14.8. The van der Waals surface area contributed by atoms with Gasteiger partial charge in [0, 0.05) is 24.3 Å². The van der Waals surface area contributed by atoms with Crippen molar-refractivity contribution in [3.63, 3.8) is 0 Å². The molecule has 1 aliphatic rings. The normalized spacial score (nSPS) is 16.2. The van der Waals surface area contributed by atoms with Gasteiger partial charge < -0.3 is 4.90 Å². The number of carbonyl (C=O) groups is 1. The predicted molar refractivity (Wildman–Crippen MR) is 80.3 cm³/mol. The lowest BCUT2D eigenvalue weighted by molar-refractivity contribution is -0.119. The molecule has 2 rings (SSSR count). The Morgan fingerprint density at radius 3 is 2.50 bits per heavy atom. The molecule has 6 heteroatoms. The van der Waals surface area contributed by atoms with E-state index in [9.17, 15) is 13.2 Å².